The SMILES string of the molecule is Cc1c(-c2cc3cc(N(C[C@H]4CN(CC(F)F)CC[C@H]4C)C(=O)O)ncc3c(N)c2F)cnc2c1NCCO2. The number of piperidine rings is 1. The Balaban J connectivity index is 1.51. The first kappa shape index (κ1) is 26.8. The number of nitrogen functional groups attached to an aromatic ring is 1. The second-order valence-corrected chi connectivity index (χ2v) is 10.2. The van der Waals surface area contributed by atoms with E-state index < -0.39 is 18.3 Å². The van der Waals surface area contributed by atoms with E-state index in [1.165, 1.54) is 12.4 Å². The molecule has 1 saturated heterocycles. The van der Waals surface area contributed by atoms with Crippen molar-refractivity contribution in [1.29, 1.82) is 0 Å². The van der Waals surface area contributed by atoms with Crippen molar-refractivity contribution in [2.45, 2.75) is 26.7 Å². The summed E-state index contributed by atoms with van der Waals surface area (Å²) in [5.74, 6) is -0.0257. The van der Waals surface area contributed by atoms with Crippen molar-refractivity contribution in [1.82, 2.24) is 14.9 Å². The van der Waals surface area contributed by atoms with Gasteiger partial charge >= 0.3 is 6.09 Å². The molecule has 0 unspecified atom stereocenters. The van der Waals surface area contributed by atoms with Crippen molar-refractivity contribution >= 4 is 34.1 Å². The van der Waals surface area contributed by atoms with Crippen molar-refractivity contribution in [3.63, 3.8) is 0 Å². The van der Waals surface area contributed by atoms with Gasteiger partial charge in [-0.3, -0.25) is 9.80 Å². The van der Waals surface area contributed by atoms with Crippen LogP contribution in [0.3, 0.4) is 0 Å². The standard InChI is InChI=1S/C27H31F3N6O3/c1-14-3-5-35(13-21(28)29)11-17(14)12-36(27(37)38)22-8-16-7-18(23(30)24(31)20(16)10-33-22)19-9-34-26-25(15(19)2)32-4-6-39-26/h7-10,14,17,21,32H,3-6,11-13,31H2,1-2H3,(H,37,38)/t14-,17-/m1/s1. The minimum atomic E-state index is -2.45. The number of ether oxygens (including phenoxy) is 1. The van der Waals surface area contributed by atoms with Gasteiger partial charge in [-0.25, -0.2) is 27.9 Å². The maximum absolute atomic E-state index is 15.5. The number of halogens is 3. The van der Waals surface area contributed by atoms with Crippen molar-refractivity contribution in [2.24, 2.45) is 11.8 Å². The van der Waals surface area contributed by atoms with Crippen molar-refractivity contribution < 1.29 is 27.8 Å². The summed E-state index contributed by atoms with van der Waals surface area (Å²) < 4.78 is 47.0. The van der Waals surface area contributed by atoms with Crippen LogP contribution in [0.15, 0.2) is 24.5 Å². The van der Waals surface area contributed by atoms with Crippen LogP contribution < -0.4 is 20.7 Å². The Hall–Kier alpha value is -3.80. The van der Waals surface area contributed by atoms with Crippen LogP contribution in [0.4, 0.5) is 35.2 Å². The largest absolute Gasteiger partial charge is 0.474 e. The number of nitrogens with two attached hydrogens (primary N) is 1. The van der Waals surface area contributed by atoms with Crippen molar-refractivity contribution in [3.8, 4) is 17.0 Å². The first-order valence-electron chi connectivity index (χ1n) is 12.9. The monoisotopic (exact) mass is 544 g/mol. The van der Waals surface area contributed by atoms with Gasteiger partial charge < -0.3 is 20.9 Å². The molecule has 2 aliphatic heterocycles. The Bertz CT molecular complexity index is 1410. The van der Waals surface area contributed by atoms with Crippen LogP contribution in [-0.4, -0.2) is 71.8 Å². The molecular weight excluding hydrogens is 513 g/mol. The van der Waals surface area contributed by atoms with Gasteiger partial charge in [0.15, 0.2) is 5.82 Å². The number of hydrogen-bond acceptors (Lipinski definition) is 7. The number of anilines is 3. The third kappa shape index (κ3) is 5.25. The van der Waals surface area contributed by atoms with Crippen LogP contribution in [-0.2, 0) is 0 Å². The molecule has 4 N–H and O–H groups in total. The summed E-state index contributed by atoms with van der Waals surface area (Å²) >= 11 is 0. The highest BCUT2D eigenvalue weighted by atomic mass is 19.3. The predicted octanol–water partition coefficient (Wildman–Crippen LogP) is 4.84. The molecule has 39 heavy (non-hydrogen) atoms. The van der Waals surface area contributed by atoms with E-state index >= 15 is 4.39 Å². The number of pyridine rings is 2. The van der Waals surface area contributed by atoms with Crippen LogP contribution in [0.1, 0.15) is 18.9 Å². The van der Waals surface area contributed by atoms with E-state index in [4.69, 9.17) is 10.5 Å². The fourth-order valence-electron chi connectivity index (χ4n) is 5.45. The molecule has 2 aliphatic rings. The van der Waals surface area contributed by atoms with Gasteiger partial charge in [0, 0.05) is 48.5 Å². The number of amides is 1. The van der Waals surface area contributed by atoms with Gasteiger partial charge in [-0.1, -0.05) is 6.92 Å². The third-order valence-corrected chi connectivity index (χ3v) is 7.74. The molecule has 0 spiro atoms. The number of fused-ring (bicyclic) bond motifs is 2. The number of rotatable bonds is 6. The van der Waals surface area contributed by atoms with Crippen molar-refractivity contribution in [3.05, 3.63) is 35.9 Å². The van der Waals surface area contributed by atoms with Crippen LogP contribution in [0, 0.1) is 24.6 Å². The molecule has 1 aromatic carbocycles. The van der Waals surface area contributed by atoms with E-state index in [0.29, 0.717) is 60.6 Å². The van der Waals surface area contributed by atoms with Gasteiger partial charge in [0.1, 0.15) is 18.1 Å². The van der Waals surface area contributed by atoms with Gasteiger partial charge in [-0.05, 0) is 54.8 Å². The highest BCUT2D eigenvalue weighted by Gasteiger charge is 2.31. The van der Waals surface area contributed by atoms with Crippen molar-refractivity contribution in [2.75, 3.05) is 55.3 Å². The van der Waals surface area contributed by atoms with Gasteiger partial charge in [0.25, 0.3) is 6.43 Å². The Morgan fingerprint density at radius 2 is 2.10 bits per heavy atom. The molecule has 2 aromatic heterocycles. The summed E-state index contributed by atoms with van der Waals surface area (Å²) in [5, 5.41) is 14.1. The number of nitrogens with one attached hydrogen (secondary N) is 1. The van der Waals surface area contributed by atoms with Crippen LogP contribution in [0.25, 0.3) is 21.9 Å². The number of alkyl halides is 2. The average Bonchev–Trinajstić information content (AvgIpc) is 2.91. The van der Waals surface area contributed by atoms with Crippen LogP contribution >= 0.6 is 0 Å². The van der Waals surface area contributed by atoms with E-state index in [2.05, 4.69) is 15.3 Å². The topological polar surface area (TPSA) is 117 Å². The third-order valence-electron chi connectivity index (χ3n) is 7.74. The van der Waals surface area contributed by atoms with E-state index in [1.54, 1.807) is 17.0 Å². The normalized spacial score (nSPS) is 19.4. The Morgan fingerprint density at radius 3 is 2.85 bits per heavy atom. The molecule has 3 aromatic rings. The number of likely N-dealkylation sites (tertiary alicyclic amines) is 1. The van der Waals surface area contributed by atoms with Crippen LogP contribution in [0.2, 0.25) is 0 Å². The fourth-order valence-corrected chi connectivity index (χ4v) is 5.45. The van der Waals surface area contributed by atoms with Gasteiger partial charge in [-0.2, -0.15) is 0 Å². The average molecular weight is 545 g/mol. The zero-order valence-corrected chi connectivity index (χ0v) is 21.8. The number of nitrogens with zero attached hydrogens (tertiary/aromatic N) is 4. The second kappa shape index (κ2) is 10.8. The lowest BCUT2D eigenvalue weighted by molar-refractivity contribution is 0.0510. The summed E-state index contributed by atoms with van der Waals surface area (Å²) in [6.45, 7) is 5.60. The van der Waals surface area contributed by atoms with E-state index in [1.807, 2.05) is 13.8 Å². The maximum atomic E-state index is 15.5. The molecule has 5 rings (SSSR count). The minimum Gasteiger partial charge on any atom is -0.474 e. The second-order valence-electron chi connectivity index (χ2n) is 10.2. The lowest BCUT2D eigenvalue weighted by atomic mass is 9.86. The molecule has 0 bridgehead atoms. The minimum absolute atomic E-state index is 0.0950. The summed E-state index contributed by atoms with van der Waals surface area (Å²) in [7, 11) is 0. The zero-order valence-electron chi connectivity index (χ0n) is 21.8. The fraction of sp³-hybridized carbons (Fsp3) is 0.444. The molecular formula is C27H31F3N6O3. The van der Waals surface area contributed by atoms with Gasteiger partial charge in [-0.15, -0.1) is 0 Å². The molecule has 1 amide bonds. The molecule has 1 fully saturated rings. The quantitative estimate of drug-likeness (QED) is 0.378. The highest BCUT2D eigenvalue weighted by molar-refractivity contribution is 5.99. The lowest BCUT2D eigenvalue weighted by Gasteiger charge is -2.38. The summed E-state index contributed by atoms with van der Waals surface area (Å²) in [5.41, 5.74) is 8.27. The zero-order chi connectivity index (χ0) is 27.8. The molecule has 0 radical (unpaired) electrons. The summed E-state index contributed by atoms with van der Waals surface area (Å²) in [6, 6.07) is 3.18. The van der Waals surface area contributed by atoms with E-state index in [-0.39, 0.29) is 42.0 Å². The first-order valence-corrected chi connectivity index (χ1v) is 12.9. The highest BCUT2D eigenvalue weighted by Crippen LogP contribution is 2.40. The van der Waals surface area contributed by atoms with Crippen LogP contribution in [0.5, 0.6) is 5.88 Å². The summed E-state index contributed by atoms with van der Waals surface area (Å²) in [4.78, 5) is 23.7. The Labute approximate surface area is 223 Å². The molecule has 0 aliphatic carbocycles. The Kier molecular flexibility index (Phi) is 7.39. The summed E-state index contributed by atoms with van der Waals surface area (Å²) in [6.07, 6.45) is -0.0657. The molecule has 2 atom stereocenters. The number of benzene rings is 1. The Morgan fingerprint density at radius 1 is 1.31 bits per heavy atom. The lowest BCUT2D eigenvalue weighted by Crippen LogP contribution is -2.47. The van der Waals surface area contributed by atoms with E-state index in [9.17, 15) is 18.7 Å². The molecule has 4 heterocycles. The first-order chi connectivity index (χ1) is 18.6. The molecule has 0 saturated carbocycles. The number of carboxylic acid groups (broad SMARTS) is 1. The molecule has 208 valence electrons. The van der Waals surface area contributed by atoms with Gasteiger partial charge in [0.2, 0.25) is 5.88 Å². The maximum Gasteiger partial charge on any atom is 0.413 e. The molecule has 9 nitrogen and oxygen atoms in total. The molecule has 12 heteroatoms. The number of aromatic nitrogens is 2. The van der Waals surface area contributed by atoms with E-state index in [0.717, 1.165) is 10.5 Å². The number of carbonyl (C=O) groups is 1. The predicted molar refractivity (Wildman–Crippen MR) is 143 cm³/mol. The smallest absolute Gasteiger partial charge is 0.413 e. The number of hydrogen-bond donors (Lipinski definition) is 3. The van der Waals surface area contributed by atoms with Gasteiger partial charge in [0.05, 0.1) is 12.2 Å².